The quantitative estimate of drug-likeness (QED) is 0.584. The van der Waals surface area contributed by atoms with Crippen molar-refractivity contribution in [2.45, 2.75) is 51.3 Å². The van der Waals surface area contributed by atoms with Crippen molar-refractivity contribution in [2.75, 3.05) is 25.4 Å². The summed E-state index contributed by atoms with van der Waals surface area (Å²) >= 11 is 0. The van der Waals surface area contributed by atoms with Gasteiger partial charge in [-0.2, -0.15) is 0 Å². The van der Waals surface area contributed by atoms with Crippen LogP contribution in [0.3, 0.4) is 0 Å². The number of guanidine groups is 1. The standard InChI is InChI=1S/C18H31N3O2S/c1-6-12-20-17(19-7-2)21-13-14-24(22,23)16-10-8-15(9-11-16)18(3,4)5/h8-11H,6-7,12-14H2,1-5H3,(H2,19,20,21). The van der Waals surface area contributed by atoms with Crippen molar-refractivity contribution in [1.29, 1.82) is 0 Å². The second-order valence-corrected chi connectivity index (χ2v) is 8.89. The van der Waals surface area contributed by atoms with Gasteiger partial charge in [-0.15, -0.1) is 0 Å². The molecule has 24 heavy (non-hydrogen) atoms. The normalized spacial score (nSPS) is 13.0. The number of rotatable bonds is 7. The number of benzene rings is 1. The Kier molecular flexibility index (Phi) is 7.73. The smallest absolute Gasteiger partial charge is 0.191 e. The Morgan fingerprint density at radius 2 is 1.71 bits per heavy atom. The molecule has 1 aromatic carbocycles. The van der Waals surface area contributed by atoms with Crippen molar-refractivity contribution in [2.24, 2.45) is 4.99 Å². The summed E-state index contributed by atoms with van der Waals surface area (Å²) in [6.07, 6.45) is 0.953. The van der Waals surface area contributed by atoms with E-state index in [0.717, 1.165) is 25.1 Å². The first kappa shape index (κ1) is 20.5. The molecule has 5 nitrogen and oxygen atoms in total. The van der Waals surface area contributed by atoms with Crippen LogP contribution in [0.5, 0.6) is 0 Å². The second-order valence-electron chi connectivity index (χ2n) is 6.78. The first-order valence-corrected chi connectivity index (χ1v) is 10.2. The average molecular weight is 354 g/mol. The number of hydrogen-bond donors (Lipinski definition) is 2. The highest BCUT2D eigenvalue weighted by Crippen LogP contribution is 2.23. The maximum atomic E-state index is 12.4. The summed E-state index contributed by atoms with van der Waals surface area (Å²) in [6.45, 7) is 12.2. The van der Waals surface area contributed by atoms with E-state index in [1.54, 1.807) is 12.1 Å². The third kappa shape index (κ3) is 6.51. The zero-order valence-corrected chi connectivity index (χ0v) is 16.3. The molecule has 0 aliphatic heterocycles. The van der Waals surface area contributed by atoms with Crippen LogP contribution in [0.2, 0.25) is 0 Å². The Balaban J connectivity index is 2.69. The largest absolute Gasteiger partial charge is 0.357 e. The molecule has 136 valence electrons. The molecule has 0 heterocycles. The number of sulfone groups is 1. The molecule has 0 saturated heterocycles. The van der Waals surface area contributed by atoms with E-state index >= 15 is 0 Å². The van der Waals surface area contributed by atoms with Crippen molar-refractivity contribution in [3.05, 3.63) is 29.8 Å². The fourth-order valence-electron chi connectivity index (χ4n) is 2.15. The van der Waals surface area contributed by atoms with Crippen LogP contribution in [0.1, 0.15) is 46.6 Å². The first-order valence-electron chi connectivity index (χ1n) is 8.56. The summed E-state index contributed by atoms with van der Waals surface area (Å²) in [5.41, 5.74) is 1.14. The lowest BCUT2D eigenvalue weighted by Gasteiger charge is -2.19. The number of nitrogens with zero attached hydrogens (tertiary/aromatic N) is 1. The Morgan fingerprint density at radius 1 is 1.08 bits per heavy atom. The summed E-state index contributed by atoms with van der Waals surface area (Å²) in [5, 5.41) is 6.19. The number of hydrogen-bond acceptors (Lipinski definition) is 3. The van der Waals surface area contributed by atoms with Gasteiger partial charge in [0.15, 0.2) is 15.8 Å². The van der Waals surface area contributed by atoms with Crippen LogP contribution in [0, 0.1) is 0 Å². The SMILES string of the molecule is CCCN=C(NCC)NCCS(=O)(=O)c1ccc(C(C)(C)C)cc1. The van der Waals surface area contributed by atoms with Crippen molar-refractivity contribution in [1.82, 2.24) is 10.6 Å². The maximum Gasteiger partial charge on any atom is 0.191 e. The maximum absolute atomic E-state index is 12.4. The highest BCUT2D eigenvalue weighted by molar-refractivity contribution is 7.91. The van der Waals surface area contributed by atoms with Gasteiger partial charge < -0.3 is 10.6 Å². The van der Waals surface area contributed by atoms with Gasteiger partial charge in [0.05, 0.1) is 10.6 Å². The van der Waals surface area contributed by atoms with E-state index in [1.807, 2.05) is 19.1 Å². The fraction of sp³-hybridized carbons (Fsp3) is 0.611. The second kappa shape index (κ2) is 9.06. The zero-order valence-electron chi connectivity index (χ0n) is 15.5. The Morgan fingerprint density at radius 3 is 2.21 bits per heavy atom. The Labute approximate surface area is 146 Å². The van der Waals surface area contributed by atoms with Crippen LogP contribution in [0.25, 0.3) is 0 Å². The van der Waals surface area contributed by atoms with E-state index < -0.39 is 9.84 Å². The van der Waals surface area contributed by atoms with Gasteiger partial charge in [-0.05, 0) is 36.5 Å². The highest BCUT2D eigenvalue weighted by Gasteiger charge is 2.17. The molecule has 1 aromatic rings. The molecule has 0 aliphatic rings. The summed E-state index contributed by atoms with van der Waals surface area (Å²) < 4.78 is 24.9. The third-order valence-electron chi connectivity index (χ3n) is 3.58. The zero-order chi connectivity index (χ0) is 18.2. The molecule has 1 rings (SSSR count). The predicted molar refractivity (Wildman–Crippen MR) is 101 cm³/mol. The van der Waals surface area contributed by atoms with Gasteiger partial charge in [-0.1, -0.05) is 39.8 Å². The summed E-state index contributed by atoms with van der Waals surface area (Å²) in [6, 6.07) is 7.19. The molecule has 0 amide bonds. The molecule has 0 bridgehead atoms. The highest BCUT2D eigenvalue weighted by atomic mass is 32.2. The number of aliphatic imine (C=N–C) groups is 1. The minimum Gasteiger partial charge on any atom is -0.357 e. The molecule has 0 atom stereocenters. The predicted octanol–water partition coefficient (Wildman–Crippen LogP) is 2.72. The van der Waals surface area contributed by atoms with Crippen LogP contribution in [-0.4, -0.2) is 39.8 Å². The van der Waals surface area contributed by atoms with Crippen LogP contribution >= 0.6 is 0 Å². The van der Waals surface area contributed by atoms with Gasteiger partial charge in [0.25, 0.3) is 0 Å². The van der Waals surface area contributed by atoms with Gasteiger partial charge >= 0.3 is 0 Å². The van der Waals surface area contributed by atoms with Crippen LogP contribution in [0.15, 0.2) is 34.2 Å². The summed E-state index contributed by atoms with van der Waals surface area (Å²) in [4.78, 5) is 4.73. The molecule has 0 spiro atoms. The monoisotopic (exact) mass is 353 g/mol. The minimum absolute atomic E-state index is 0.0142. The molecule has 0 fully saturated rings. The minimum atomic E-state index is -3.30. The van der Waals surface area contributed by atoms with Crippen molar-refractivity contribution in [3.8, 4) is 0 Å². The molecule has 6 heteroatoms. The van der Waals surface area contributed by atoms with Crippen molar-refractivity contribution in [3.63, 3.8) is 0 Å². The summed E-state index contributed by atoms with van der Waals surface area (Å²) in [5.74, 6) is 0.705. The lowest BCUT2D eigenvalue weighted by Crippen LogP contribution is -2.39. The van der Waals surface area contributed by atoms with E-state index in [1.165, 1.54) is 0 Å². The van der Waals surface area contributed by atoms with Crippen LogP contribution in [0.4, 0.5) is 0 Å². The Bertz CT molecular complexity index is 629. The molecular weight excluding hydrogens is 322 g/mol. The van der Waals surface area contributed by atoms with Gasteiger partial charge in [0, 0.05) is 19.6 Å². The number of nitrogens with one attached hydrogen (secondary N) is 2. The molecule has 0 unspecified atom stereocenters. The molecule has 0 aliphatic carbocycles. The Hall–Kier alpha value is -1.56. The molecule has 0 aromatic heterocycles. The van der Waals surface area contributed by atoms with E-state index in [-0.39, 0.29) is 11.2 Å². The van der Waals surface area contributed by atoms with Gasteiger partial charge in [0.2, 0.25) is 0 Å². The fourth-order valence-corrected chi connectivity index (χ4v) is 3.31. The van der Waals surface area contributed by atoms with Crippen molar-refractivity contribution >= 4 is 15.8 Å². The van der Waals surface area contributed by atoms with E-state index in [2.05, 4.69) is 43.3 Å². The average Bonchev–Trinajstić information content (AvgIpc) is 2.51. The van der Waals surface area contributed by atoms with E-state index in [4.69, 9.17) is 0 Å². The van der Waals surface area contributed by atoms with Gasteiger partial charge in [-0.25, -0.2) is 8.42 Å². The van der Waals surface area contributed by atoms with Crippen molar-refractivity contribution < 1.29 is 8.42 Å². The van der Waals surface area contributed by atoms with E-state index in [9.17, 15) is 8.42 Å². The third-order valence-corrected chi connectivity index (χ3v) is 5.31. The van der Waals surface area contributed by atoms with Gasteiger partial charge in [-0.3, -0.25) is 4.99 Å². The molecular formula is C18H31N3O2S. The lowest BCUT2D eigenvalue weighted by molar-refractivity contribution is 0.586. The van der Waals surface area contributed by atoms with Crippen LogP contribution < -0.4 is 10.6 Å². The molecule has 2 N–H and O–H groups in total. The molecule has 0 radical (unpaired) electrons. The first-order chi connectivity index (χ1) is 11.2. The van der Waals surface area contributed by atoms with Gasteiger partial charge in [0.1, 0.15) is 0 Å². The lowest BCUT2D eigenvalue weighted by atomic mass is 9.87. The van der Waals surface area contributed by atoms with E-state index in [0.29, 0.717) is 17.4 Å². The summed E-state index contributed by atoms with van der Waals surface area (Å²) in [7, 11) is -3.30. The topological polar surface area (TPSA) is 70.6 Å². The van der Waals surface area contributed by atoms with Crippen LogP contribution in [-0.2, 0) is 15.3 Å². The molecule has 0 saturated carbocycles.